The number of phenolic OH excluding ortho intramolecular Hbond substituents is 1. The van der Waals surface area contributed by atoms with Crippen LogP contribution in [-0.4, -0.2) is 97.8 Å². The van der Waals surface area contributed by atoms with Crippen LogP contribution in [0.3, 0.4) is 0 Å². The Morgan fingerprint density at radius 3 is 2.31 bits per heavy atom. The molecule has 258 valence electrons. The van der Waals surface area contributed by atoms with Crippen molar-refractivity contribution < 1.29 is 39.9 Å². The fraction of sp³-hybridized carbons (Fsp3) is 0.371. The lowest BCUT2D eigenvalue weighted by Crippen LogP contribution is -2.68. The van der Waals surface area contributed by atoms with Crippen molar-refractivity contribution in [2.45, 2.75) is 44.4 Å². The molecule has 3 aliphatic carbocycles. The number of thiazole rings is 1. The highest BCUT2D eigenvalue weighted by Crippen LogP contribution is 2.56. The van der Waals surface area contributed by atoms with Gasteiger partial charge in [0.25, 0.3) is 5.91 Å². The summed E-state index contributed by atoms with van der Waals surface area (Å²) in [6.07, 6.45) is -1.66. The van der Waals surface area contributed by atoms with Gasteiger partial charge in [-0.1, -0.05) is 25.1 Å². The topological polar surface area (TPSA) is 210 Å². The number of nitrogens with two attached hydrogens (primary N) is 1. The monoisotopic (exact) mass is 689 g/mol. The highest BCUT2D eigenvalue weighted by molar-refractivity contribution is 7.14. The molecule has 2 aromatic carbocycles. The Morgan fingerprint density at radius 1 is 1.06 bits per heavy atom. The number of aliphatic hydroxyl groups excluding tert-OH is 3. The largest absolute Gasteiger partial charge is 0.510 e. The van der Waals surface area contributed by atoms with E-state index in [1.54, 1.807) is 19.1 Å². The quantitative estimate of drug-likeness (QED) is 0.134. The van der Waals surface area contributed by atoms with Gasteiger partial charge in [0, 0.05) is 41.2 Å². The Kier molecular flexibility index (Phi) is 8.55. The first-order valence-electron chi connectivity index (χ1n) is 15.9. The van der Waals surface area contributed by atoms with Gasteiger partial charge < -0.3 is 41.5 Å². The van der Waals surface area contributed by atoms with E-state index in [0.29, 0.717) is 16.4 Å². The zero-order valence-electron chi connectivity index (χ0n) is 27.6. The van der Waals surface area contributed by atoms with Crippen LogP contribution < -0.4 is 16.0 Å². The lowest BCUT2D eigenvalue weighted by molar-refractivity contribution is -0.162. The number of nitrogens with one attached hydrogen (secondary N) is 1. The molecule has 0 unspecified atom stereocenters. The van der Waals surface area contributed by atoms with E-state index in [9.17, 15) is 39.9 Å². The van der Waals surface area contributed by atoms with Crippen molar-refractivity contribution in [2.75, 3.05) is 37.4 Å². The number of likely N-dealkylation sites (N-methyl/N-ethyl adjacent to an activating group) is 1. The second-order valence-corrected chi connectivity index (χ2v) is 13.7. The second-order valence-electron chi connectivity index (χ2n) is 12.9. The van der Waals surface area contributed by atoms with Crippen LogP contribution in [0.25, 0.3) is 11.3 Å². The number of primary amides is 1. The fourth-order valence-corrected chi connectivity index (χ4v) is 8.47. The number of aromatic nitrogens is 1. The van der Waals surface area contributed by atoms with Gasteiger partial charge >= 0.3 is 0 Å². The van der Waals surface area contributed by atoms with Crippen LogP contribution in [0.5, 0.6) is 5.75 Å². The zero-order valence-corrected chi connectivity index (χ0v) is 28.4. The Balaban J connectivity index is 1.38. The summed E-state index contributed by atoms with van der Waals surface area (Å²) in [6.45, 7) is 7.65. The summed E-state index contributed by atoms with van der Waals surface area (Å²) in [5, 5.41) is 63.1. The number of aliphatic hydroxyl groups is 4. The number of amides is 1. The molecular formula is C35H39N5O8S. The summed E-state index contributed by atoms with van der Waals surface area (Å²) < 4.78 is 0. The minimum absolute atomic E-state index is 0.147. The number of phenols is 1. The van der Waals surface area contributed by atoms with E-state index < -0.39 is 81.4 Å². The SMILES string of the molecule is CCN(CC)c1ccc(-c2csc(Nc3ccc4c(c3O)C(=O)C3=C(O)[C@]5(O)C(=O)C(C(N)=O)=C(O)[C@@H](N(C)C)[C@@H]5[C@@H](O)[C@@H]3[C@H]4C)n2)cc1. The molecular weight excluding hydrogens is 650 g/mol. The molecule has 0 fully saturated rings. The molecule has 3 aromatic rings. The van der Waals surface area contributed by atoms with Crippen LogP contribution in [0.15, 0.2) is 64.4 Å². The van der Waals surface area contributed by atoms with Crippen molar-refractivity contribution in [3.05, 3.63) is 75.6 Å². The number of ketones is 2. The molecule has 49 heavy (non-hydrogen) atoms. The number of aromatic hydroxyl groups is 1. The van der Waals surface area contributed by atoms with Crippen LogP contribution in [-0.2, 0) is 9.59 Å². The maximum absolute atomic E-state index is 14.2. The zero-order chi connectivity index (χ0) is 35.7. The number of rotatable bonds is 8. The predicted octanol–water partition coefficient (Wildman–Crippen LogP) is 3.37. The maximum atomic E-state index is 14.2. The Bertz CT molecular complexity index is 1930. The number of hydrogen-bond acceptors (Lipinski definition) is 13. The van der Waals surface area contributed by atoms with Crippen LogP contribution in [0.4, 0.5) is 16.5 Å². The predicted molar refractivity (Wildman–Crippen MR) is 184 cm³/mol. The lowest BCUT2D eigenvalue weighted by atomic mass is 9.55. The first kappa shape index (κ1) is 34.1. The smallest absolute Gasteiger partial charge is 0.255 e. The number of nitrogens with zero attached hydrogens (tertiary/aromatic N) is 3. The van der Waals surface area contributed by atoms with Gasteiger partial charge in [-0.15, -0.1) is 11.3 Å². The first-order valence-corrected chi connectivity index (χ1v) is 16.8. The number of carbonyl (C=O) groups is 3. The fourth-order valence-electron chi connectivity index (χ4n) is 7.73. The molecule has 1 amide bonds. The number of anilines is 3. The van der Waals surface area contributed by atoms with E-state index in [2.05, 4.69) is 29.0 Å². The molecule has 1 aromatic heterocycles. The van der Waals surface area contributed by atoms with Crippen molar-refractivity contribution >= 4 is 45.3 Å². The lowest BCUT2D eigenvalue weighted by Gasteiger charge is -2.53. The van der Waals surface area contributed by atoms with E-state index in [4.69, 9.17) is 5.73 Å². The van der Waals surface area contributed by atoms with Crippen molar-refractivity contribution in [2.24, 2.45) is 17.6 Å². The van der Waals surface area contributed by atoms with E-state index in [-0.39, 0.29) is 11.3 Å². The highest BCUT2D eigenvalue weighted by atomic mass is 32.1. The van der Waals surface area contributed by atoms with Gasteiger partial charge in [0.2, 0.25) is 5.78 Å². The van der Waals surface area contributed by atoms with Gasteiger partial charge in [-0.25, -0.2) is 4.98 Å². The Labute approximate surface area is 286 Å². The van der Waals surface area contributed by atoms with Crippen molar-refractivity contribution in [3.8, 4) is 17.0 Å². The minimum Gasteiger partial charge on any atom is -0.510 e. The molecule has 0 bridgehead atoms. The van der Waals surface area contributed by atoms with Crippen LogP contribution >= 0.6 is 11.3 Å². The van der Waals surface area contributed by atoms with Gasteiger partial charge in [-0.3, -0.25) is 19.3 Å². The van der Waals surface area contributed by atoms with Gasteiger partial charge in [0.15, 0.2) is 22.3 Å². The second kappa shape index (κ2) is 12.3. The molecule has 13 nitrogen and oxygen atoms in total. The Hall–Kier alpha value is -4.76. The molecule has 0 saturated carbocycles. The summed E-state index contributed by atoms with van der Waals surface area (Å²) >= 11 is 1.29. The molecule has 6 atom stereocenters. The molecule has 1 heterocycles. The molecule has 0 saturated heterocycles. The van der Waals surface area contributed by atoms with Crippen molar-refractivity contribution in [3.63, 3.8) is 0 Å². The standard InChI is InChI=1S/C35H39N5O8S/c1-6-40(7-2)17-10-8-16(9-11-17)20-14-49-34(38-20)37-19-13-12-18-15(3)21-23(28(42)22(18)27(19)41)31(45)35(48)25(29(21)43)26(39(4)5)30(44)24(32(35)46)33(36)47/h8-15,21,25-26,29,41,43-45,48H,6-7H2,1-5H3,(H2,36,47)(H,37,38)/t15-,21+,25+,26-,29-,35-/m0/s1. The molecule has 14 heteroatoms. The molecule has 3 aliphatic rings. The Morgan fingerprint density at radius 2 is 1.71 bits per heavy atom. The highest BCUT2D eigenvalue weighted by Gasteiger charge is 2.67. The molecule has 0 spiro atoms. The van der Waals surface area contributed by atoms with Gasteiger partial charge in [-0.2, -0.15) is 0 Å². The molecule has 0 aliphatic heterocycles. The van der Waals surface area contributed by atoms with Gasteiger partial charge in [-0.05, 0) is 57.6 Å². The minimum atomic E-state index is -2.98. The normalized spacial score (nSPS) is 26.4. The van der Waals surface area contributed by atoms with Crippen LogP contribution in [0, 0.1) is 11.8 Å². The first-order chi connectivity index (χ1) is 23.2. The number of benzene rings is 2. The number of fused-ring (bicyclic) bond motifs is 3. The number of Topliss-reactive ketones (excluding diaryl/α,β-unsaturated/α-hetero) is 2. The van der Waals surface area contributed by atoms with E-state index in [0.717, 1.165) is 24.3 Å². The molecule has 0 radical (unpaired) electrons. The summed E-state index contributed by atoms with van der Waals surface area (Å²) in [6, 6.07) is 9.92. The van der Waals surface area contributed by atoms with Crippen molar-refractivity contribution in [1.82, 2.24) is 9.88 Å². The number of carbonyl (C=O) groups excluding carboxylic acids is 3. The van der Waals surface area contributed by atoms with E-state index >= 15 is 0 Å². The van der Waals surface area contributed by atoms with E-state index in [1.807, 2.05) is 29.6 Å². The third-order valence-electron chi connectivity index (χ3n) is 10.2. The van der Waals surface area contributed by atoms with Crippen LogP contribution in [0.2, 0.25) is 0 Å². The van der Waals surface area contributed by atoms with E-state index in [1.165, 1.54) is 30.3 Å². The summed E-state index contributed by atoms with van der Waals surface area (Å²) in [4.78, 5) is 48.3. The summed E-state index contributed by atoms with van der Waals surface area (Å²) in [5.74, 6) is -9.39. The van der Waals surface area contributed by atoms with Crippen LogP contribution in [0.1, 0.15) is 42.6 Å². The summed E-state index contributed by atoms with van der Waals surface area (Å²) in [7, 11) is 2.98. The van der Waals surface area contributed by atoms with Gasteiger partial charge in [0.1, 0.15) is 17.1 Å². The summed E-state index contributed by atoms with van der Waals surface area (Å²) in [5.41, 5.74) is 4.05. The third-order valence-corrected chi connectivity index (χ3v) is 10.9. The third kappa shape index (κ3) is 5.00. The van der Waals surface area contributed by atoms with Gasteiger partial charge in [0.05, 0.1) is 35.0 Å². The molecule has 8 N–H and O–H groups in total. The maximum Gasteiger partial charge on any atom is 0.255 e. The average molecular weight is 690 g/mol. The number of hydrogen-bond donors (Lipinski definition) is 7. The van der Waals surface area contributed by atoms with Crippen molar-refractivity contribution in [1.29, 1.82) is 0 Å². The molecule has 6 rings (SSSR count). The average Bonchev–Trinajstić information content (AvgIpc) is 3.53.